The quantitative estimate of drug-likeness (QED) is 0.649. The van der Waals surface area contributed by atoms with Crippen molar-refractivity contribution in [2.75, 3.05) is 32.2 Å². The molecule has 0 unspecified atom stereocenters. The Hall–Kier alpha value is -3.23. The molecule has 2 heterocycles. The van der Waals surface area contributed by atoms with Crippen molar-refractivity contribution in [3.05, 3.63) is 29.5 Å². The minimum atomic E-state index is -0.876. The molecule has 172 valence electrons. The molecular formula is C23H30N4O5. The second-order valence-electron chi connectivity index (χ2n) is 8.09. The van der Waals surface area contributed by atoms with Crippen LogP contribution >= 0.6 is 0 Å². The monoisotopic (exact) mass is 442 g/mol. The van der Waals surface area contributed by atoms with Crippen molar-refractivity contribution in [3.63, 3.8) is 0 Å². The maximum absolute atomic E-state index is 12.8. The lowest BCUT2D eigenvalue weighted by atomic mass is 9.95. The lowest BCUT2D eigenvalue weighted by Gasteiger charge is -2.32. The average molecular weight is 443 g/mol. The van der Waals surface area contributed by atoms with Crippen molar-refractivity contribution < 1.29 is 23.9 Å². The summed E-state index contributed by atoms with van der Waals surface area (Å²) in [5, 5.41) is 3.78. The van der Waals surface area contributed by atoms with Gasteiger partial charge in [0.15, 0.2) is 0 Å². The molecule has 9 heteroatoms. The van der Waals surface area contributed by atoms with E-state index in [1.54, 1.807) is 0 Å². The van der Waals surface area contributed by atoms with Crippen molar-refractivity contribution in [2.24, 2.45) is 5.92 Å². The van der Waals surface area contributed by atoms with Crippen molar-refractivity contribution in [1.82, 2.24) is 15.3 Å². The Bertz CT molecular complexity index is 1000. The number of carbonyl (C=O) groups excluding carboxylic acids is 3. The van der Waals surface area contributed by atoms with Crippen LogP contribution in [0.3, 0.4) is 0 Å². The molecule has 32 heavy (non-hydrogen) atoms. The molecule has 1 amide bonds. The van der Waals surface area contributed by atoms with Gasteiger partial charge in [0.25, 0.3) is 0 Å². The number of piperidine rings is 1. The van der Waals surface area contributed by atoms with Gasteiger partial charge >= 0.3 is 11.9 Å². The smallest absolute Gasteiger partial charge is 0.328 e. The van der Waals surface area contributed by atoms with Gasteiger partial charge in [0, 0.05) is 30.8 Å². The SMILES string of the molecule is COC(=O)CC[C@H](NC(=O)C1CCN(c2nc(C)c3ccc(C)cc3n2)CC1)C(=O)OC. The normalized spacial score (nSPS) is 15.3. The number of aryl methyl sites for hydroxylation is 2. The van der Waals surface area contributed by atoms with Crippen LogP contribution < -0.4 is 10.2 Å². The molecule has 9 nitrogen and oxygen atoms in total. The fourth-order valence-electron chi connectivity index (χ4n) is 3.91. The highest BCUT2D eigenvalue weighted by molar-refractivity contribution is 5.86. The van der Waals surface area contributed by atoms with E-state index in [1.807, 2.05) is 19.9 Å². The van der Waals surface area contributed by atoms with E-state index in [9.17, 15) is 14.4 Å². The number of nitrogens with zero attached hydrogens (tertiary/aromatic N) is 3. The zero-order valence-corrected chi connectivity index (χ0v) is 19.0. The summed E-state index contributed by atoms with van der Waals surface area (Å²) >= 11 is 0. The average Bonchev–Trinajstić information content (AvgIpc) is 2.80. The fourth-order valence-corrected chi connectivity index (χ4v) is 3.91. The maximum atomic E-state index is 12.8. The van der Waals surface area contributed by atoms with E-state index in [0.717, 1.165) is 22.2 Å². The molecular weight excluding hydrogens is 412 g/mol. The van der Waals surface area contributed by atoms with Gasteiger partial charge < -0.3 is 19.7 Å². The zero-order valence-electron chi connectivity index (χ0n) is 19.0. The molecule has 1 fully saturated rings. The first-order valence-corrected chi connectivity index (χ1v) is 10.8. The third-order valence-corrected chi connectivity index (χ3v) is 5.85. The van der Waals surface area contributed by atoms with Crippen LogP contribution in [0.2, 0.25) is 0 Å². The van der Waals surface area contributed by atoms with Gasteiger partial charge in [0.05, 0.1) is 25.4 Å². The number of nitrogens with one attached hydrogen (secondary N) is 1. The Labute approximate surface area is 187 Å². The van der Waals surface area contributed by atoms with Crippen LogP contribution in [-0.4, -0.2) is 61.2 Å². The zero-order chi connectivity index (χ0) is 23.3. The molecule has 1 atom stereocenters. The Morgan fingerprint density at radius 1 is 1.12 bits per heavy atom. The topological polar surface area (TPSA) is 111 Å². The molecule has 1 saturated heterocycles. The summed E-state index contributed by atoms with van der Waals surface area (Å²) in [6.45, 7) is 5.29. The Morgan fingerprint density at radius 2 is 1.84 bits per heavy atom. The second-order valence-corrected chi connectivity index (χ2v) is 8.09. The summed E-state index contributed by atoms with van der Waals surface area (Å²) < 4.78 is 9.38. The molecule has 0 aliphatic carbocycles. The number of amides is 1. The molecule has 3 rings (SSSR count). The molecule has 0 bridgehead atoms. The predicted molar refractivity (Wildman–Crippen MR) is 119 cm³/mol. The van der Waals surface area contributed by atoms with Gasteiger partial charge in [-0.05, 0) is 44.7 Å². The molecule has 1 aliphatic heterocycles. The first-order chi connectivity index (χ1) is 15.3. The minimum Gasteiger partial charge on any atom is -0.469 e. The van der Waals surface area contributed by atoms with Crippen molar-refractivity contribution >= 4 is 34.7 Å². The fraction of sp³-hybridized carbons (Fsp3) is 0.522. The molecule has 0 radical (unpaired) electrons. The highest BCUT2D eigenvalue weighted by Crippen LogP contribution is 2.25. The van der Waals surface area contributed by atoms with Crippen molar-refractivity contribution in [2.45, 2.75) is 45.6 Å². The molecule has 1 aliphatic rings. The standard InChI is InChI=1S/C23H30N4O5/c1-14-5-6-17-15(2)24-23(26-19(17)13-14)27-11-9-16(10-12-27)21(29)25-18(22(30)32-4)7-8-20(28)31-3/h5-6,13,16,18H,7-12H2,1-4H3,(H,25,29)/t18-/m0/s1. The van der Waals surface area contributed by atoms with E-state index >= 15 is 0 Å². The number of methoxy groups -OCH3 is 2. The lowest BCUT2D eigenvalue weighted by Crippen LogP contribution is -2.47. The van der Waals surface area contributed by atoms with Crippen LogP contribution in [0.25, 0.3) is 10.9 Å². The minimum absolute atomic E-state index is 0.0210. The number of hydrogen-bond donors (Lipinski definition) is 1. The van der Waals surface area contributed by atoms with E-state index in [2.05, 4.69) is 32.1 Å². The van der Waals surface area contributed by atoms with Gasteiger partial charge in [-0.2, -0.15) is 0 Å². The van der Waals surface area contributed by atoms with Gasteiger partial charge in [-0.25, -0.2) is 14.8 Å². The summed E-state index contributed by atoms with van der Waals surface area (Å²) in [7, 11) is 2.54. The van der Waals surface area contributed by atoms with Gasteiger partial charge in [-0.15, -0.1) is 0 Å². The second kappa shape index (κ2) is 10.4. The van der Waals surface area contributed by atoms with E-state index < -0.39 is 18.0 Å². The number of fused-ring (bicyclic) bond motifs is 1. The van der Waals surface area contributed by atoms with E-state index in [-0.39, 0.29) is 24.7 Å². The third-order valence-electron chi connectivity index (χ3n) is 5.85. The third kappa shape index (κ3) is 5.52. The predicted octanol–water partition coefficient (Wildman–Crippen LogP) is 2.07. The van der Waals surface area contributed by atoms with E-state index in [1.165, 1.54) is 14.2 Å². The number of hydrogen-bond acceptors (Lipinski definition) is 8. The van der Waals surface area contributed by atoms with E-state index in [0.29, 0.717) is 31.9 Å². The molecule has 0 spiro atoms. The molecule has 1 aromatic heterocycles. The highest BCUT2D eigenvalue weighted by atomic mass is 16.5. The Kier molecular flexibility index (Phi) is 7.61. The number of anilines is 1. The highest BCUT2D eigenvalue weighted by Gasteiger charge is 2.30. The van der Waals surface area contributed by atoms with Crippen molar-refractivity contribution in [1.29, 1.82) is 0 Å². The van der Waals surface area contributed by atoms with Crippen LogP contribution in [0.5, 0.6) is 0 Å². The molecule has 1 N–H and O–H groups in total. The van der Waals surface area contributed by atoms with Crippen molar-refractivity contribution in [3.8, 4) is 0 Å². The first kappa shape index (κ1) is 23.4. The number of aromatic nitrogens is 2. The number of esters is 2. The molecule has 2 aromatic rings. The van der Waals surface area contributed by atoms with Gasteiger partial charge in [-0.1, -0.05) is 12.1 Å². The lowest BCUT2D eigenvalue weighted by molar-refractivity contribution is -0.147. The summed E-state index contributed by atoms with van der Waals surface area (Å²) in [6, 6.07) is 5.27. The van der Waals surface area contributed by atoms with Gasteiger partial charge in [-0.3, -0.25) is 9.59 Å². The summed E-state index contributed by atoms with van der Waals surface area (Å²) in [6.07, 6.45) is 1.39. The van der Waals surface area contributed by atoms with Crippen LogP contribution in [-0.2, 0) is 23.9 Å². The number of benzene rings is 1. The van der Waals surface area contributed by atoms with Gasteiger partial charge in [0.2, 0.25) is 11.9 Å². The number of rotatable bonds is 7. The Morgan fingerprint density at radius 3 is 2.50 bits per heavy atom. The van der Waals surface area contributed by atoms with E-state index in [4.69, 9.17) is 9.72 Å². The Balaban J connectivity index is 1.62. The van der Waals surface area contributed by atoms with Gasteiger partial charge in [0.1, 0.15) is 6.04 Å². The largest absolute Gasteiger partial charge is 0.469 e. The van der Waals surface area contributed by atoms with Crippen LogP contribution in [0.4, 0.5) is 5.95 Å². The van der Waals surface area contributed by atoms with Crippen LogP contribution in [0, 0.1) is 19.8 Å². The molecule has 1 aromatic carbocycles. The summed E-state index contributed by atoms with van der Waals surface area (Å²) in [4.78, 5) is 47.7. The first-order valence-electron chi connectivity index (χ1n) is 10.8. The number of carbonyl (C=O) groups is 3. The number of ether oxygens (including phenoxy) is 2. The maximum Gasteiger partial charge on any atom is 0.328 e. The van der Waals surface area contributed by atoms with Crippen LogP contribution in [0.15, 0.2) is 18.2 Å². The summed E-state index contributed by atoms with van der Waals surface area (Å²) in [5.74, 6) is -0.793. The summed E-state index contributed by atoms with van der Waals surface area (Å²) in [5.41, 5.74) is 2.99. The molecule has 0 saturated carbocycles. The van der Waals surface area contributed by atoms with Crippen LogP contribution in [0.1, 0.15) is 36.9 Å².